The van der Waals surface area contributed by atoms with Crippen LogP contribution in [-0.4, -0.2) is 25.2 Å². The van der Waals surface area contributed by atoms with Gasteiger partial charge in [-0.25, -0.2) is 4.99 Å². The molecule has 1 unspecified atom stereocenters. The van der Waals surface area contributed by atoms with Crippen molar-refractivity contribution in [3.8, 4) is 5.75 Å². The molecule has 0 saturated heterocycles. The molecule has 6 heteroatoms. The molecule has 0 spiro atoms. The van der Waals surface area contributed by atoms with E-state index in [1.165, 1.54) is 4.88 Å². The summed E-state index contributed by atoms with van der Waals surface area (Å²) >= 11 is 1.75. The van der Waals surface area contributed by atoms with Crippen molar-refractivity contribution in [2.75, 3.05) is 13.1 Å². The fourth-order valence-corrected chi connectivity index (χ4v) is 2.53. The van der Waals surface area contributed by atoms with E-state index in [9.17, 15) is 0 Å². The van der Waals surface area contributed by atoms with E-state index in [0.29, 0.717) is 12.5 Å². The number of nitrogens with one attached hydrogen (secondary N) is 1. The summed E-state index contributed by atoms with van der Waals surface area (Å²) in [6.45, 7) is 3.31. The van der Waals surface area contributed by atoms with E-state index < -0.39 is 0 Å². The molecule has 0 fully saturated rings. The van der Waals surface area contributed by atoms with Crippen LogP contribution in [0.4, 0.5) is 0 Å². The molecule has 120 valence electrons. The third kappa shape index (κ3) is 7.13. The normalized spacial score (nSPS) is 12.3. The highest BCUT2D eigenvalue weighted by Crippen LogP contribution is 2.10. The van der Waals surface area contributed by atoms with Gasteiger partial charge in [-0.05, 0) is 36.9 Å². The fraction of sp³-hybridized carbons (Fsp3) is 0.312. The first-order chi connectivity index (χ1) is 10.2. The zero-order valence-corrected chi connectivity index (χ0v) is 15.7. The second-order valence-electron chi connectivity index (χ2n) is 4.72. The van der Waals surface area contributed by atoms with Crippen LogP contribution < -0.4 is 15.8 Å². The summed E-state index contributed by atoms with van der Waals surface area (Å²) in [5, 5.41) is 5.20. The van der Waals surface area contributed by atoms with Crippen molar-refractivity contribution in [3.63, 3.8) is 0 Å². The maximum Gasteiger partial charge on any atom is 0.188 e. The van der Waals surface area contributed by atoms with Crippen LogP contribution in [0.3, 0.4) is 0 Å². The molecule has 4 nitrogen and oxygen atoms in total. The van der Waals surface area contributed by atoms with Gasteiger partial charge in [0, 0.05) is 11.4 Å². The van der Waals surface area contributed by atoms with E-state index in [-0.39, 0.29) is 30.1 Å². The number of benzene rings is 1. The number of hydrogen-bond donors (Lipinski definition) is 2. The highest BCUT2D eigenvalue weighted by molar-refractivity contribution is 14.0. The van der Waals surface area contributed by atoms with Gasteiger partial charge in [0.1, 0.15) is 11.9 Å². The van der Waals surface area contributed by atoms with Crippen LogP contribution in [0.15, 0.2) is 52.8 Å². The van der Waals surface area contributed by atoms with Gasteiger partial charge in [0.2, 0.25) is 0 Å². The fourth-order valence-electron chi connectivity index (χ4n) is 1.82. The van der Waals surface area contributed by atoms with E-state index in [0.717, 1.165) is 18.7 Å². The van der Waals surface area contributed by atoms with E-state index in [1.807, 2.05) is 37.3 Å². The third-order valence-electron chi connectivity index (χ3n) is 2.86. The van der Waals surface area contributed by atoms with E-state index in [1.54, 1.807) is 11.3 Å². The number of aliphatic imine (C=N–C) groups is 1. The number of ether oxygens (including phenoxy) is 1. The van der Waals surface area contributed by atoms with Crippen molar-refractivity contribution in [1.82, 2.24) is 5.32 Å². The highest BCUT2D eigenvalue weighted by Gasteiger charge is 2.03. The summed E-state index contributed by atoms with van der Waals surface area (Å²) in [5.41, 5.74) is 5.84. The summed E-state index contributed by atoms with van der Waals surface area (Å²) in [4.78, 5) is 5.64. The topological polar surface area (TPSA) is 59.6 Å². The molecule has 2 rings (SSSR count). The molecule has 1 aromatic carbocycles. The summed E-state index contributed by atoms with van der Waals surface area (Å²) in [6.07, 6.45) is 0.953. The molecule has 3 N–H and O–H groups in total. The maximum absolute atomic E-state index is 5.84. The van der Waals surface area contributed by atoms with Gasteiger partial charge in [0.05, 0.1) is 6.54 Å². The minimum Gasteiger partial charge on any atom is -0.489 e. The van der Waals surface area contributed by atoms with Crippen molar-refractivity contribution < 1.29 is 4.74 Å². The Morgan fingerprint density at radius 2 is 2.05 bits per heavy atom. The summed E-state index contributed by atoms with van der Waals surface area (Å²) in [7, 11) is 0. The number of rotatable bonds is 7. The van der Waals surface area contributed by atoms with Gasteiger partial charge in [0.25, 0.3) is 0 Å². The number of nitrogens with two attached hydrogens (primary N) is 1. The van der Waals surface area contributed by atoms with Crippen molar-refractivity contribution in [2.24, 2.45) is 10.7 Å². The first-order valence-corrected chi connectivity index (χ1v) is 7.90. The second kappa shape index (κ2) is 10.4. The Hall–Kier alpha value is -1.28. The van der Waals surface area contributed by atoms with Gasteiger partial charge < -0.3 is 15.8 Å². The monoisotopic (exact) mass is 431 g/mol. The zero-order chi connectivity index (χ0) is 14.9. The Labute approximate surface area is 152 Å². The van der Waals surface area contributed by atoms with Crippen LogP contribution >= 0.6 is 35.3 Å². The lowest BCUT2D eigenvalue weighted by Gasteiger charge is -2.13. The molecule has 0 aliphatic heterocycles. The Balaban J connectivity index is 0.00000242. The predicted molar refractivity (Wildman–Crippen MR) is 104 cm³/mol. The molecule has 0 amide bonds. The lowest BCUT2D eigenvalue weighted by Crippen LogP contribution is -2.34. The Morgan fingerprint density at radius 1 is 1.27 bits per heavy atom. The van der Waals surface area contributed by atoms with Crippen molar-refractivity contribution in [3.05, 3.63) is 52.7 Å². The van der Waals surface area contributed by atoms with Gasteiger partial charge in [-0.1, -0.05) is 24.3 Å². The Morgan fingerprint density at radius 3 is 2.73 bits per heavy atom. The quantitative estimate of drug-likeness (QED) is 0.402. The SMILES string of the molecule is CC(CN=C(N)NCCc1cccs1)Oc1ccccc1.I. The van der Waals surface area contributed by atoms with Crippen LogP contribution in [0.1, 0.15) is 11.8 Å². The molecule has 0 aliphatic carbocycles. The number of nitrogens with zero attached hydrogens (tertiary/aromatic N) is 1. The molecule has 22 heavy (non-hydrogen) atoms. The minimum atomic E-state index is -0.00922. The Kier molecular flexibility index (Phi) is 8.91. The van der Waals surface area contributed by atoms with Crippen LogP contribution in [-0.2, 0) is 6.42 Å². The van der Waals surface area contributed by atoms with Crippen LogP contribution in [0.25, 0.3) is 0 Å². The molecular weight excluding hydrogens is 409 g/mol. The zero-order valence-electron chi connectivity index (χ0n) is 12.6. The van der Waals surface area contributed by atoms with Crippen LogP contribution in [0, 0.1) is 0 Å². The first kappa shape index (κ1) is 18.8. The lowest BCUT2D eigenvalue weighted by molar-refractivity contribution is 0.230. The molecule has 0 aliphatic rings. The number of thiophene rings is 1. The van der Waals surface area contributed by atoms with Crippen molar-refractivity contribution in [1.29, 1.82) is 0 Å². The van der Waals surface area contributed by atoms with Gasteiger partial charge in [0.15, 0.2) is 5.96 Å². The van der Waals surface area contributed by atoms with Crippen molar-refractivity contribution >= 4 is 41.3 Å². The van der Waals surface area contributed by atoms with Gasteiger partial charge in [-0.3, -0.25) is 0 Å². The largest absolute Gasteiger partial charge is 0.489 e. The highest BCUT2D eigenvalue weighted by atomic mass is 127. The predicted octanol–water partition coefficient (Wildman–Crippen LogP) is 3.28. The lowest BCUT2D eigenvalue weighted by atomic mass is 10.3. The average molecular weight is 431 g/mol. The standard InChI is InChI=1S/C16H21N3OS.HI/c1-13(20-14-6-3-2-4-7-14)12-19-16(17)18-10-9-15-8-5-11-21-15;/h2-8,11,13H,9-10,12H2,1H3,(H3,17,18,19);1H. The molecule has 1 heterocycles. The first-order valence-electron chi connectivity index (χ1n) is 7.02. The Bertz CT molecular complexity index is 546. The summed E-state index contributed by atoms with van der Waals surface area (Å²) < 4.78 is 5.74. The van der Waals surface area contributed by atoms with Gasteiger partial charge in [-0.15, -0.1) is 35.3 Å². The van der Waals surface area contributed by atoms with Gasteiger partial charge in [-0.2, -0.15) is 0 Å². The number of para-hydroxylation sites is 1. The number of guanidine groups is 1. The molecule has 2 aromatic rings. The molecular formula is C16H22IN3OS. The minimum absolute atomic E-state index is 0. The molecule has 0 saturated carbocycles. The molecule has 1 aromatic heterocycles. The molecule has 1 atom stereocenters. The van der Waals surface area contributed by atoms with Crippen LogP contribution in [0.2, 0.25) is 0 Å². The smallest absolute Gasteiger partial charge is 0.188 e. The summed E-state index contributed by atoms with van der Waals surface area (Å²) in [5.74, 6) is 1.32. The third-order valence-corrected chi connectivity index (χ3v) is 3.79. The maximum atomic E-state index is 5.84. The number of hydrogen-bond acceptors (Lipinski definition) is 3. The van der Waals surface area contributed by atoms with E-state index in [4.69, 9.17) is 10.5 Å². The van der Waals surface area contributed by atoms with Crippen molar-refractivity contribution in [2.45, 2.75) is 19.4 Å². The average Bonchev–Trinajstić information content (AvgIpc) is 2.99. The van der Waals surface area contributed by atoms with Crippen LogP contribution in [0.5, 0.6) is 5.75 Å². The van der Waals surface area contributed by atoms with Gasteiger partial charge >= 0.3 is 0 Å². The molecule has 0 radical (unpaired) electrons. The summed E-state index contributed by atoms with van der Waals surface area (Å²) in [6, 6.07) is 13.9. The second-order valence-corrected chi connectivity index (χ2v) is 5.76. The van der Waals surface area contributed by atoms with E-state index in [2.05, 4.69) is 27.8 Å². The van der Waals surface area contributed by atoms with E-state index >= 15 is 0 Å². The molecule has 0 bridgehead atoms. The number of halogens is 1.